The van der Waals surface area contributed by atoms with E-state index in [1.807, 2.05) is 49.4 Å². The Morgan fingerprint density at radius 1 is 1.05 bits per heavy atom. The summed E-state index contributed by atoms with van der Waals surface area (Å²) in [7, 11) is 0. The fraction of sp³-hybridized carbons (Fsp3) is 0.200. The van der Waals surface area contributed by atoms with E-state index in [0.29, 0.717) is 34.4 Å². The highest BCUT2D eigenvalue weighted by Crippen LogP contribution is 2.31. The van der Waals surface area contributed by atoms with Crippen LogP contribution < -0.4 is 26.4 Å². The number of ether oxygens (including phenoxy) is 1. The SMILES string of the molecule is CCOc1cc(C(Nc2ccc3c(N)nccc3c2)C(=O)NCc2cccc(NC(C)=O)c2)ccc1Cl.O=C(O)C(F)(F)F. The third-order valence-corrected chi connectivity index (χ3v) is 6.23. The Bertz CT molecular complexity index is 1650. The lowest BCUT2D eigenvalue weighted by Crippen LogP contribution is -2.33. The van der Waals surface area contributed by atoms with Gasteiger partial charge in [-0.25, -0.2) is 9.78 Å². The van der Waals surface area contributed by atoms with E-state index in [0.717, 1.165) is 22.0 Å². The van der Waals surface area contributed by atoms with Gasteiger partial charge in [0.2, 0.25) is 11.8 Å². The van der Waals surface area contributed by atoms with Gasteiger partial charge in [-0.3, -0.25) is 9.59 Å². The van der Waals surface area contributed by atoms with Crippen molar-refractivity contribution >= 4 is 57.3 Å². The summed E-state index contributed by atoms with van der Waals surface area (Å²) in [4.78, 5) is 37.9. The molecule has 0 radical (unpaired) electrons. The van der Waals surface area contributed by atoms with Gasteiger partial charge in [0.25, 0.3) is 0 Å². The first-order valence-corrected chi connectivity index (χ1v) is 13.4. The second-order valence-electron chi connectivity index (χ2n) is 9.23. The molecule has 4 rings (SSSR count). The van der Waals surface area contributed by atoms with Crippen molar-refractivity contribution in [2.24, 2.45) is 0 Å². The number of hydrogen-bond donors (Lipinski definition) is 5. The minimum atomic E-state index is -5.08. The van der Waals surface area contributed by atoms with Gasteiger partial charge in [0, 0.05) is 36.4 Å². The van der Waals surface area contributed by atoms with E-state index in [-0.39, 0.29) is 18.4 Å². The number of alkyl halides is 3. The van der Waals surface area contributed by atoms with Crippen molar-refractivity contribution in [3.05, 3.63) is 89.1 Å². The van der Waals surface area contributed by atoms with Crippen LogP contribution in [-0.2, 0) is 20.9 Å². The van der Waals surface area contributed by atoms with Gasteiger partial charge in [-0.15, -0.1) is 0 Å². The van der Waals surface area contributed by atoms with E-state index in [1.54, 1.807) is 30.5 Å². The maximum absolute atomic E-state index is 13.5. The van der Waals surface area contributed by atoms with E-state index < -0.39 is 18.2 Å². The third-order valence-electron chi connectivity index (χ3n) is 5.91. The predicted octanol–water partition coefficient (Wildman–Crippen LogP) is 5.93. The monoisotopic (exact) mass is 631 g/mol. The number of rotatable bonds is 9. The molecule has 1 unspecified atom stereocenters. The van der Waals surface area contributed by atoms with Crippen LogP contribution in [0.4, 0.5) is 30.4 Å². The molecule has 0 aliphatic rings. The molecule has 14 heteroatoms. The van der Waals surface area contributed by atoms with Crippen molar-refractivity contribution in [1.82, 2.24) is 10.3 Å². The Labute approximate surface area is 255 Å². The number of nitrogens with one attached hydrogen (secondary N) is 3. The van der Waals surface area contributed by atoms with Crippen LogP contribution in [0.1, 0.15) is 31.0 Å². The Hall–Kier alpha value is -5.04. The summed E-state index contributed by atoms with van der Waals surface area (Å²) < 4.78 is 37.4. The summed E-state index contributed by atoms with van der Waals surface area (Å²) in [6.07, 6.45) is -3.44. The number of nitrogen functional groups attached to an aromatic ring is 1. The molecular formula is C30H29ClF3N5O5. The summed E-state index contributed by atoms with van der Waals surface area (Å²) in [5, 5.41) is 18.4. The van der Waals surface area contributed by atoms with E-state index in [4.69, 9.17) is 32.0 Å². The standard InChI is InChI=1S/C28H28ClN5O3.C2HF3O2/c1-3-37-25-15-20(7-10-24(25)29)26(34-22-8-9-23-19(14-22)11-12-31-27(23)30)28(36)32-16-18-5-4-6-21(13-18)33-17(2)35;3-2(4,5)1(6)7/h4-15,26,34H,3,16H2,1-2H3,(H2,30,31)(H,32,36)(H,33,35);(H,6,7). The van der Waals surface area contributed by atoms with Crippen LogP contribution in [0.3, 0.4) is 0 Å². The molecule has 0 bridgehead atoms. The number of anilines is 3. The van der Waals surface area contributed by atoms with Crippen molar-refractivity contribution in [3.63, 3.8) is 0 Å². The number of halogens is 4. The number of fused-ring (bicyclic) bond motifs is 1. The van der Waals surface area contributed by atoms with Crippen molar-refractivity contribution < 1.29 is 37.4 Å². The number of benzene rings is 3. The lowest BCUT2D eigenvalue weighted by atomic mass is 10.0. The first-order valence-electron chi connectivity index (χ1n) is 13.1. The van der Waals surface area contributed by atoms with Gasteiger partial charge in [-0.1, -0.05) is 29.8 Å². The summed E-state index contributed by atoms with van der Waals surface area (Å²) in [6, 6.07) is 19.4. The fourth-order valence-electron chi connectivity index (χ4n) is 3.98. The first-order chi connectivity index (χ1) is 20.8. The lowest BCUT2D eigenvalue weighted by molar-refractivity contribution is -0.192. The molecule has 0 saturated heterocycles. The molecule has 0 aliphatic heterocycles. The van der Waals surface area contributed by atoms with Crippen LogP contribution in [0.5, 0.6) is 5.75 Å². The number of carbonyl (C=O) groups is 3. The number of amides is 2. The Morgan fingerprint density at radius 2 is 1.77 bits per heavy atom. The number of hydrogen-bond acceptors (Lipinski definition) is 7. The predicted molar refractivity (Wildman–Crippen MR) is 161 cm³/mol. The van der Waals surface area contributed by atoms with E-state index >= 15 is 0 Å². The van der Waals surface area contributed by atoms with Crippen LogP contribution in [0.25, 0.3) is 10.8 Å². The number of carbonyl (C=O) groups excluding carboxylic acids is 2. The molecule has 0 fully saturated rings. The molecule has 1 atom stereocenters. The zero-order valence-electron chi connectivity index (χ0n) is 23.5. The Balaban J connectivity index is 0.000000676. The van der Waals surface area contributed by atoms with Crippen LogP contribution in [0, 0.1) is 0 Å². The highest BCUT2D eigenvalue weighted by molar-refractivity contribution is 6.32. The van der Waals surface area contributed by atoms with Crippen molar-refractivity contribution in [1.29, 1.82) is 0 Å². The van der Waals surface area contributed by atoms with Crippen molar-refractivity contribution in [2.75, 3.05) is 23.0 Å². The number of nitrogens with two attached hydrogens (primary N) is 1. The van der Waals surface area contributed by atoms with Crippen molar-refractivity contribution in [2.45, 2.75) is 32.6 Å². The van der Waals surface area contributed by atoms with Crippen LogP contribution in [-0.4, -0.2) is 40.7 Å². The van der Waals surface area contributed by atoms with E-state index in [1.165, 1.54) is 6.92 Å². The molecule has 1 heterocycles. The Kier molecular flexibility index (Phi) is 11.3. The van der Waals surface area contributed by atoms with Gasteiger partial charge in [0.05, 0.1) is 11.6 Å². The van der Waals surface area contributed by atoms with E-state index in [9.17, 15) is 22.8 Å². The smallest absolute Gasteiger partial charge is 0.490 e. The molecule has 232 valence electrons. The molecule has 1 aromatic heterocycles. The molecule has 4 aromatic rings. The number of nitrogens with zero attached hydrogens (tertiary/aromatic N) is 1. The van der Waals surface area contributed by atoms with Crippen LogP contribution >= 0.6 is 11.6 Å². The largest absolute Gasteiger partial charge is 0.492 e. The average molecular weight is 632 g/mol. The minimum Gasteiger partial charge on any atom is -0.492 e. The summed E-state index contributed by atoms with van der Waals surface area (Å²) in [6.45, 7) is 4.04. The third kappa shape index (κ3) is 9.49. The van der Waals surface area contributed by atoms with Gasteiger partial charge in [-0.2, -0.15) is 13.2 Å². The summed E-state index contributed by atoms with van der Waals surface area (Å²) in [5.41, 5.74) is 8.92. The molecule has 44 heavy (non-hydrogen) atoms. The molecule has 0 aliphatic carbocycles. The van der Waals surface area contributed by atoms with Crippen LogP contribution in [0.15, 0.2) is 72.9 Å². The summed E-state index contributed by atoms with van der Waals surface area (Å²) in [5.74, 6) is -2.22. The zero-order chi connectivity index (χ0) is 32.4. The molecule has 3 aromatic carbocycles. The Morgan fingerprint density at radius 3 is 2.43 bits per heavy atom. The molecular weight excluding hydrogens is 603 g/mol. The number of carboxylic acids is 1. The maximum atomic E-state index is 13.5. The molecule has 0 spiro atoms. The highest BCUT2D eigenvalue weighted by atomic mass is 35.5. The van der Waals surface area contributed by atoms with Gasteiger partial charge >= 0.3 is 12.1 Å². The quantitative estimate of drug-likeness (QED) is 0.152. The van der Waals surface area contributed by atoms with Gasteiger partial charge < -0.3 is 31.5 Å². The topological polar surface area (TPSA) is 156 Å². The average Bonchev–Trinajstić information content (AvgIpc) is 2.96. The molecule has 0 saturated carbocycles. The molecule has 10 nitrogen and oxygen atoms in total. The van der Waals surface area contributed by atoms with Gasteiger partial charge in [0.1, 0.15) is 17.6 Å². The second kappa shape index (κ2) is 14.9. The van der Waals surface area contributed by atoms with E-state index in [2.05, 4.69) is 20.9 Å². The van der Waals surface area contributed by atoms with Gasteiger partial charge in [-0.05, 0) is 72.0 Å². The molecule has 6 N–H and O–H groups in total. The number of aliphatic carboxylic acids is 1. The number of aromatic nitrogens is 1. The normalized spacial score (nSPS) is 11.5. The van der Waals surface area contributed by atoms with Crippen LogP contribution in [0.2, 0.25) is 5.02 Å². The number of carboxylic acid groups (broad SMARTS) is 1. The first kappa shape index (κ1) is 33.5. The number of pyridine rings is 1. The second-order valence-corrected chi connectivity index (χ2v) is 9.64. The molecule has 2 amide bonds. The maximum Gasteiger partial charge on any atom is 0.490 e. The summed E-state index contributed by atoms with van der Waals surface area (Å²) >= 11 is 6.30. The highest BCUT2D eigenvalue weighted by Gasteiger charge is 2.38. The van der Waals surface area contributed by atoms with Gasteiger partial charge in [0.15, 0.2) is 0 Å². The fourth-order valence-corrected chi connectivity index (χ4v) is 4.15. The van der Waals surface area contributed by atoms with Crippen molar-refractivity contribution in [3.8, 4) is 5.75 Å². The zero-order valence-corrected chi connectivity index (χ0v) is 24.3. The minimum absolute atomic E-state index is 0.161. The lowest BCUT2D eigenvalue weighted by Gasteiger charge is -2.21.